The van der Waals surface area contributed by atoms with Crippen molar-refractivity contribution in [1.82, 2.24) is 4.31 Å². The van der Waals surface area contributed by atoms with Crippen LogP contribution in [0.1, 0.15) is 12.5 Å². The molecule has 5 heteroatoms. The highest BCUT2D eigenvalue weighted by Gasteiger charge is 2.23. The van der Waals surface area contributed by atoms with Crippen LogP contribution in [-0.4, -0.2) is 25.8 Å². The van der Waals surface area contributed by atoms with Crippen LogP contribution in [0, 0.1) is 19.3 Å². The van der Waals surface area contributed by atoms with Crippen LogP contribution in [0.2, 0.25) is 0 Å². The van der Waals surface area contributed by atoms with E-state index >= 15 is 0 Å². The van der Waals surface area contributed by atoms with Gasteiger partial charge in [0.15, 0.2) is 0 Å². The Labute approximate surface area is 102 Å². The van der Waals surface area contributed by atoms with E-state index in [1.165, 1.54) is 10.4 Å². The van der Waals surface area contributed by atoms with Crippen molar-refractivity contribution >= 4 is 15.7 Å². The SMILES string of the molecule is C#CCN(CC)S(=O)(=O)c1ccc(N)cc1C. The maximum absolute atomic E-state index is 12.3. The summed E-state index contributed by atoms with van der Waals surface area (Å²) in [5.41, 5.74) is 6.77. The number of sulfonamides is 1. The number of aryl methyl sites for hydroxylation is 1. The Kier molecular flexibility index (Phi) is 4.16. The van der Waals surface area contributed by atoms with Crippen LogP contribution in [0.25, 0.3) is 0 Å². The van der Waals surface area contributed by atoms with Gasteiger partial charge in [-0.15, -0.1) is 6.42 Å². The Balaban J connectivity index is 3.26. The molecule has 0 amide bonds. The first-order valence-electron chi connectivity index (χ1n) is 5.23. The van der Waals surface area contributed by atoms with E-state index in [0.717, 1.165) is 0 Å². The Morgan fingerprint density at radius 1 is 1.47 bits per heavy atom. The predicted octanol–water partition coefficient (Wildman–Crippen LogP) is 1.22. The molecule has 0 aliphatic carbocycles. The molecule has 0 aliphatic rings. The van der Waals surface area contributed by atoms with E-state index in [1.54, 1.807) is 26.0 Å². The normalized spacial score (nSPS) is 11.4. The molecule has 1 aromatic carbocycles. The fourth-order valence-corrected chi connectivity index (χ4v) is 3.14. The van der Waals surface area contributed by atoms with Crippen molar-refractivity contribution in [2.24, 2.45) is 0 Å². The third-order valence-corrected chi connectivity index (χ3v) is 4.52. The van der Waals surface area contributed by atoms with Crippen LogP contribution < -0.4 is 5.73 Å². The summed E-state index contributed by atoms with van der Waals surface area (Å²) in [6, 6.07) is 4.72. The highest BCUT2D eigenvalue weighted by atomic mass is 32.2. The minimum Gasteiger partial charge on any atom is -0.399 e. The highest BCUT2D eigenvalue weighted by Crippen LogP contribution is 2.21. The van der Waals surface area contributed by atoms with Crippen LogP contribution in [-0.2, 0) is 10.0 Å². The van der Waals surface area contributed by atoms with Crippen LogP contribution in [0.5, 0.6) is 0 Å². The number of terminal acetylenes is 1. The molecule has 1 aromatic rings. The summed E-state index contributed by atoms with van der Waals surface area (Å²) in [6.07, 6.45) is 5.17. The third kappa shape index (κ3) is 2.78. The van der Waals surface area contributed by atoms with Crippen molar-refractivity contribution in [3.8, 4) is 12.3 Å². The zero-order valence-corrected chi connectivity index (χ0v) is 10.8. The first-order valence-corrected chi connectivity index (χ1v) is 6.67. The van der Waals surface area contributed by atoms with Gasteiger partial charge in [-0.2, -0.15) is 4.31 Å². The van der Waals surface area contributed by atoms with Crippen molar-refractivity contribution < 1.29 is 8.42 Å². The standard InChI is InChI=1S/C12H16N2O2S/c1-4-8-14(5-2)17(15,16)12-7-6-11(13)9-10(12)3/h1,6-7,9H,5,8,13H2,2-3H3. The minimum atomic E-state index is -3.53. The topological polar surface area (TPSA) is 63.4 Å². The first kappa shape index (κ1) is 13.6. The number of hydrogen-bond acceptors (Lipinski definition) is 3. The quantitative estimate of drug-likeness (QED) is 0.647. The molecule has 0 aromatic heterocycles. The maximum atomic E-state index is 12.3. The summed E-state index contributed by atoms with van der Waals surface area (Å²) in [4.78, 5) is 0.254. The second-order valence-electron chi connectivity index (χ2n) is 3.66. The van der Waals surface area contributed by atoms with Crippen LogP contribution >= 0.6 is 0 Å². The van der Waals surface area contributed by atoms with Crippen LogP contribution in [0.15, 0.2) is 23.1 Å². The molecule has 92 valence electrons. The Hall–Kier alpha value is -1.51. The van der Waals surface area contributed by atoms with E-state index in [1.807, 2.05) is 0 Å². The van der Waals surface area contributed by atoms with Gasteiger partial charge in [-0.3, -0.25) is 0 Å². The summed E-state index contributed by atoms with van der Waals surface area (Å²) in [6.45, 7) is 3.88. The van der Waals surface area contributed by atoms with Gasteiger partial charge >= 0.3 is 0 Å². The van der Waals surface area contributed by atoms with Gasteiger partial charge in [0.25, 0.3) is 0 Å². The van der Waals surface area contributed by atoms with Crippen molar-refractivity contribution in [2.45, 2.75) is 18.7 Å². The number of nitrogens with two attached hydrogens (primary N) is 1. The van der Waals surface area contributed by atoms with Crippen LogP contribution in [0.4, 0.5) is 5.69 Å². The van der Waals surface area contributed by atoms with E-state index in [-0.39, 0.29) is 11.4 Å². The average Bonchev–Trinajstić information content (AvgIpc) is 2.24. The van der Waals surface area contributed by atoms with Gasteiger partial charge in [-0.1, -0.05) is 12.8 Å². The molecule has 0 bridgehead atoms. The number of hydrogen-bond donors (Lipinski definition) is 1. The Morgan fingerprint density at radius 3 is 2.59 bits per heavy atom. The minimum absolute atomic E-state index is 0.0721. The molecular weight excluding hydrogens is 236 g/mol. The summed E-state index contributed by atoms with van der Waals surface area (Å²) >= 11 is 0. The average molecular weight is 252 g/mol. The Morgan fingerprint density at radius 2 is 2.12 bits per heavy atom. The fourth-order valence-electron chi connectivity index (χ4n) is 1.57. The lowest BCUT2D eigenvalue weighted by Crippen LogP contribution is -2.31. The molecule has 0 atom stereocenters. The lowest BCUT2D eigenvalue weighted by molar-refractivity contribution is 0.463. The van der Waals surface area contributed by atoms with E-state index in [4.69, 9.17) is 12.2 Å². The second-order valence-corrected chi connectivity index (χ2v) is 5.57. The molecule has 2 N–H and O–H groups in total. The van der Waals surface area contributed by atoms with Gasteiger partial charge in [0.1, 0.15) is 0 Å². The van der Waals surface area contributed by atoms with E-state index in [9.17, 15) is 8.42 Å². The predicted molar refractivity (Wildman–Crippen MR) is 68.9 cm³/mol. The number of nitrogen functional groups attached to an aromatic ring is 1. The molecule has 17 heavy (non-hydrogen) atoms. The molecule has 0 spiro atoms. The number of rotatable bonds is 4. The number of anilines is 1. The number of nitrogens with zero attached hydrogens (tertiary/aromatic N) is 1. The lowest BCUT2D eigenvalue weighted by Gasteiger charge is -2.19. The zero-order valence-electron chi connectivity index (χ0n) is 9.97. The molecule has 0 fully saturated rings. The summed E-state index contributed by atoms with van der Waals surface area (Å²) < 4.78 is 25.8. The molecule has 0 unspecified atom stereocenters. The van der Waals surface area contributed by atoms with E-state index in [0.29, 0.717) is 17.8 Å². The molecule has 0 radical (unpaired) electrons. The number of benzene rings is 1. The van der Waals surface area contributed by atoms with E-state index in [2.05, 4.69) is 5.92 Å². The lowest BCUT2D eigenvalue weighted by atomic mass is 10.2. The largest absolute Gasteiger partial charge is 0.399 e. The summed E-state index contributed by atoms with van der Waals surface area (Å²) in [5, 5.41) is 0. The van der Waals surface area contributed by atoms with Gasteiger partial charge in [0.05, 0.1) is 11.4 Å². The molecule has 0 saturated heterocycles. The molecule has 0 heterocycles. The smallest absolute Gasteiger partial charge is 0.244 e. The molecular formula is C12H16N2O2S. The summed E-state index contributed by atoms with van der Waals surface area (Å²) in [7, 11) is -3.53. The summed E-state index contributed by atoms with van der Waals surface area (Å²) in [5.74, 6) is 2.35. The third-order valence-electron chi connectivity index (χ3n) is 2.44. The molecule has 0 saturated carbocycles. The molecule has 0 aliphatic heterocycles. The fraction of sp³-hybridized carbons (Fsp3) is 0.333. The highest BCUT2D eigenvalue weighted by molar-refractivity contribution is 7.89. The monoisotopic (exact) mass is 252 g/mol. The van der Waals surface area contributed by atoms with Crippen molar-refractivity contribution in [3.63, 3.8) is 0 Å². The van der Waals surface area contributed by atoms with Crippen molar-refractivity contribution in [2.75, 3.05) is 18.8 Å². The van der Waals surface area contributed by atoms with Gasteiger partial charge < -0.3 is 5.73 Å². The van der Waals surface area contributed by atoms with Gasteiger partial charge in [0, 0.05) is 12.2 Å². The van der Waals surface area contributed by atoms with Gasteiger partial charge in [-0.25, -0.2) is 8.42 Å². The first-order chi connectivity index (χ1) is 7.93. The van der Waals surface area contributed by atoms with Crippen LogP contribution in [0.3, 0.4) is 0 Å². The molecule has 4 nitrogen and oxygen atoms in total. The van der Waals surface area contributed by atoms with E-state index < -0.39 is 10.0 Å². The van der Waals surface area contributed by atoms with Crippen molar-refractivity contribution in [1.29, 1.82) is 0 Å². The second kappa shape index (κ2) is 5.21. The molecule has 1 rings (SSSR count). The van der Waals surface area contributed by atoms with Crippen molar-refractivity contribution in [3.05, 3.63) is 23.8 Å². The van der Waals surface area contributed by atoms with Gasteiger partial charge in [0.2, 0.25) is 10.0 Å². The van der Waals surface area contributed by atoms with Gasteiger partial charge in [-0.05, 0) is 30.7 Å². The zero-order chi connectivity index (χ0) is 13.1. The Bertz CT molecular complexity index is 544. The maximum Gasteiger partial charge on any atom is 0.244 e.